The van der Waals surface area contributed by atoms with Crippen molar-refractivity contribution < 1.29 is 0 Å². The molecule has 0 saturated heterocycles. The molecule has 0 unspecified atom stereocenters. The van der Waals surface area contributed by atoms with Gasteiger partial charge >= 0.3 is 0 Å². The first-order valence-electron chi connectivity index (χ1n) is 17.7. The summed E-state index contributed by atoms with van der Waals surface area (Å²) in [6, 6.07) is 61.2. The lowest BCUT2D eigenvalue weighted by molar-refractivity contribution is 0.661. The Morgan fingerprint density at radius 1 is 0.373 bits per heavy atom. The predicted molar refractivity (Wildman–Crippen MR) is 214 cm³/mol. The maximum atomic E-state index is 5.33. The molecule has 0 N–H and O–H groups in total. The molecule has 0 atom stereocenters. The zero-order valence-corrected chi connectivity index (χ0v) is 28.6. The van der Waals surface area contributed by atoms with Crippen molar-refractivity contribution in [2.75, 3.05) is 0 Å². The maximum Gasteiger partial charge on any atom is 0.160 e. The lowest BCUT2D eigenvalue weighted by Gasteiger charge is -2.23. The van der Waals surface area contributed by atoms with Gasteiger partial charge in [-0.15, -0.1) is 0 Å². The first-order chi connectivity index (χ1) is 25.1. The van der Waals surface area contributed by atoms with Crippen LogP contribution < -0.4 is 0 Å². The third-order valence-electron chi connectivity index (χ3n) is 10.9. The van der Waals surface area contributed by atoms with Crippen molar-refractivity contribution in [1.29, 1.82) is 0 Å². The number of nitrogens with zero attached hydrogens (tertiary/aromatic N) is 2. The standard InChI is InChI=1S/C49H34N2/c1-49(2)41-27-15-26-39(46(41)40-28-33-20-9-10-21-34(33)29-42(40)49)45-35-22-11-13-24-37(35)47(38-25-14-12-23-36(38)45)44-30-43(31-16-5-3-6-17-31)50-48(51-44)32-18-7-4-8-19-32/h3-30H,1-2H3. The molecule has 1 aromatic heterocycles. The minimum absolute atomic E-state index is 0.126. The first kappa shape index (κ1) is 29.5. The van der Waals surface area contributed by atoms with E-state index in [9.17, 15) is 0 Å². The summed E-state index contributed by atoms with van der Waals surface area (Å²) in [7, 11) is 0. The molecule has 8 aromatic carbocycles. The minimum Gasteiger partial charge on any atom is -0.228 e. The quantitative estimate of drug-likeness (QED) is 0.177. The summed E-state index contributed by atoms with van der Waals surface area (Å²) in [4.78, 5) is 10.4. The Bertz CT molecular complexity index is 2700. The summed E-state index contributed by atoms with van der Waals surface area (Å²) in [6.45, 7) is 4.75. The highest BCUT2D eigenvalue weighted by Crippen LogP contribution is 2.55. The second kappa shape index (κ2) is 11.3. The number of benzene rings is 8. The Kier molecular flexibility index (Phi) is 6.56. The number of hydrogen-bond donors (Lipinski definition) is 0. The van der Waals surface area contributed by atoms with Crippen LogP contribution in [-0.4, -0.2) is 9.97 Å². The third-order valence-corrected chi connectivity index (χ3v) is 10.9. The van der Waals surface area contributed by atoms with Gasteiger partial charge in [0.1, 0.15) is 0 Å². The fraction of sp³-hybridized carbons (Fsp3) is 0.0612. The highest BCUT2D eigenvalue weighted by atomic mass is 14.9. The second-order valence-electron chi connectivity index (χ2n) is 14.1. The number of hydrogen-bond acceptors (Lipinski definition) is 2. The zero-order chi connectivity index (χ0) is 34.1. The Hall–Kier alpha value is -6.38. The van der Waals surface area contributed by atoms with E-state index in [2.05, 4.69) is 159 Å². The third kappa shape index (κ3) is 4.57. The zero-order valence-electron chi connectivity index (χ0n) is 28.6. The van der Waals surface area contributed by atoms with Crippen LogP contribution in [0, 0.1) is 0 Å². The monoisotopic (exact) mass is 650 g/mol. The van der Waals surface area contributed by atoms with Gasteiger partial charge in [-0.1, -0.05) is 166 Å². The van der Waals surface area contributed by atoms with Crippen LogP contribution in [0.1, 0.15) is 25.0 Å². The highest BCUT2D eigenvalue weighted by Gasteiger charge is 2.37. The van der Waals surface area contributed by atoms with Crippen molar-refractivity contribution in [3.8, 4) is 56.2 Å². The molecule has 1 heterocycles. The van der Waals surface area contributed by atoms with Gasteiger partial charge in [0.2, 0.25) is 0 Å². The fourth-order valence-corrected chi connectivity index (χ4v) is 8.42. The SMILES string of the molecule is CC1(C)c2cc3ccccc3cc2-c2c(-c3c4ccccc4c(-c4cc(-c5ccccc5)nc(-c5ccccc5)n4)c4ccccc34)cccc21. The molecule has 240 valence electrons. The molecule has 0 bridgehead atoms. The van der Waals surface area contributed by atoms with E-state index in [4.69, 9.17) is 9.97 Å². The van der Waals surface area contributed by atoms with Gasteiger partial charge in [-0.2, -0.15) is 0 Å². The summed E-state index contributed by atoms with van der Waals surface area (Å²) in [5.74, 6) is 0.719. The summed E-state index contributed by atoms with van der Waals surface area (Å²) in [6.07, 6.45) is 0. The maximum absolute atomic E-state index is 5.33. The number of rotatable bonds is 4. The molecular weight excluding hydrogens is 617 g/mol. The van der Waals surface area contributed by atoms with Crippen LogP contribution in [0.5, 0.6) is 0 Å². The molecule has 51 heavy (non-hydrogen) atoms. The predicted octanol–water partition coefficient (Wildman–Crippen LogP) is 12.9. The van der Waals surface area contributed by atoms with Crippen molar-refractivity contribution in [2.45, 2.75) is 19.3 Å². The van der Waals surface area contributed by atoms with Crippen molar-refractivity contribution in [2.24, 2.45) is 0 Å². The largest absolute Gasteiger partial charge is 0.228 e. The Labute approximate surface area is 297 Å². The number of aromatic nitrogens is 2. The van der Waals surface area contributed by atoms with Crippen LogP contribution >= 0.6 is 0 Å². The van der Waals surface area contributed by atoms with Gasteiger partial charge < -0.3 is 0 Å². The van der Waals surface area contributed by atoms with Gasteiger partial charge in [0.15, 0.2) is 5.82 Å². The van der Waals surface area contributed by atoms with Crippen LogP contribution in [0.3, 0.4) is 0 Å². The van der Waals surface area contributed by atoms with Crippen LogP contribution in [0.2, 0.25) is 0 Å². The van der Waals surface area contributed by atoms with Gasteiger partial charge in [0.05, 0.1) is 11.4 Å². The van der Waals surface area contributed by atoms with Gasteiger partial charge in [-0.25, -0.2) is 9.97 Å². The summed E-state index contributed by atoms with van der Waals surface area (Å²) in [5.41, 5.74) is 12.8. The van der Waals surface area contributed by atoms with Crippen molar-refractivity contribution >= 4 is 32.3 Å². The highest BCUT2D eigenvalue weighted by molar-refractivity contribution is 6.22. The molecular formula is C49H34N2. The fourth-order valence-electron chi connectivity index (χ4n) is 8.42. The Morgan fingerprint density at radius 3 is 1.55 bits per heavy atom. The molecule has 0 fully saturated rings. The molecule has 10 rings (SSSR count). The molecule has 0 spiro atoms. The molecule has 1 aliphatic carbocycles. The van der Waals surface area contributed by atoms with Crippen molar-refractivity contribution in [3.63, 3.8) is 0 Å². The van der Waals surface area contributed by atoms with Gasteiger partial charge in [0, 0.05) is 22.1 Å². The van der Waals surface area contributed by atoms with Crippen LogP contribution in [0.4, 0.5) is 0 Å². The summed E-state index contributed by atoms with van der Waals surface area (Å²) >= 11 is 0. The molecule has 2 nitrogen and oxygen atoms in total. The smallest absolute Gasteiger partial charge is 0.160 e. The van der Waals surface area contributed by atoms with Gasteiger partial charge in [0.25, 0.3) is 0 Å². The van der Waals surface area contributed by atoms with Gasteiger partial charge in [-0.3, -0.25) is 0 Å². The topological polar surface area (TPSA) is 25.8 Å². The Balaban J connectivity index is 1.30. The van der Waals surface area contributed by atoms with Crippen LogP contribution in [-0.2, 0) is 5.41 Å². The average Bonchev–Trinajstić information content (AvgIpc) is 3.41. The van der Waals surface area contributed by atoms with E-state index < -0.39 is 0 Å². The molecule has 0 radical (unpaired) electrons. The first-order valence-corrected chi connectivity index (χ1v) is 17.7. The van der Waals surface area contributed by atoms with E-state index in [1.54, 1.807) is 0 Å². The lowest BCUT2D eigenvalue weighted by Crippen LogP contribution is -2.14. The van der Waals surface area contributed by atoms with Crippen LogP contribution in [0.25, 0.3) is 88.5 Å². The van der Waals surface area contributed by atoms with E-state index in [0.717, 1.165) is 33.9 Å². The average molecular weight is 651 g/mol. The van der Waals surface area contributed by atoms with E-state index in [0.29, 0.717) is 0 Å². The van der Waals surface area contributed by atoms with Crippen LogP contribution in [0.15, 0.2) is 170 Å². The molecule has 0 amide bonds. The normalized spacial score (nSPS) is 13.1. The van der Waals surface area contributed by atoms with E-state index in [1.807, 2.05) is 24.3 Å². The number of fused-ring (bicyclic) bond motifs is 6. The Morgan fingerprint density at radius 2 is 0.902 bits per heavy atom. The summed E-state index contributed by atoms with van der Waals surface area (Å²) < 4.78 is 0. The van der Waals surface area contributed by atoms with E-state index in [-0.39, 0.29) is 5.41 Å². The molecule has 0 saturated carbocycles. The lowest BCUT2D eigenvalue weighted by atomic mass is 9.80. The van der Waals surface area contributed by atoms with Gasteiger partial charge in [-0.05, 0) is 83.9 Å². The summed E-state index contributed by atoms with van der Waals surface area (Å²) in [5, 5.41) is 7.34. The molecule has 1 aliphatic rings. The molecule has 0 aliphatic heterocycles. The van der Waals surface area contributed by atoms with E-state index >= 15 is 0 Å². The second-order valence-corrected chi connectivity index (χ2v) is 14.1. The van der Waals surface area contributed by atoms with Crippen molar-refractivity contribution in [3.05, 3.63) is 181 Å². The minimum atomic E-state index is -0.126. The molecule has 9 aromatic rings. The van der Waals surface area contributed by atoms with Crippen molar-refractivity contribution in [1.82, 2.24) is 9.97 Å². The molecule has 2 heteroatoms. The van der Waals surface area contributed by atoms with E-state index in [1.165, 1.54) is 65.7 Å².